The molecule has 1 aliphatic rings. The number of likely N-dealkylation sites (tertiary alicyclic amines) is 1. The molecule has 1 fully saturated rings. The van der Waals surface area contributed by atoms with Crippen molar-refractivity contribution < 1.29 is 4.79 Å². The van der Waals surface area contributed by atoms with Gasteiger partial charge in [0.25, 0.3) is 0 Å². The quantitative estimate of drug-likeness (QED) is 0.674. The molecule has 1 rings (SSSR count). The van der Waals surface area contributed by atoms with E-state index in [1.54, 1.807) is 0 Å². The number of nitrogens with zero attached hydrogens (tertiary/aromatic N) is 1. The van der Waals surface area contributed by atoms with E-state index < -0.39 is 0 Å². The molecular formula is C9H18N2O. The fraction of sp³-hybridized carbons (Fsp3) is 0.889. The summed E-state index contributed by atoms with van der Waals surface area (Å²) >= 11 is 0. The van der Waals surface area contributed by atoms with Crippen LogP contribution in [0.5, 0.6) is 0 Å². The smallest absolute Gasteiger partial charge is 0.221 e. The molecule has 1 heterocycles. The number of nitrogens with two attached hydrogens (primary N) is 1. The first-order chi connectivity index (χ1) is 5.70. The maximum Gasteiger partial charge on any atom is 0.221 e. The minimum Gasteiger partial charge on any atom is -0.369 e. The summed E-state index contributed by atoms with van der Waals surface area (Å²) in [5.41, 5.74) is 5.19. The summed E-state index contributed by atoms with van der Waals surface area (Å²) in [5, 5.41) is 0. The maximum absolute atomic E-state index is 10.8. The second kappa shape index (κ2) is 4.45. The van der Waals surface area contributed by atoms with Crippen LogP contribution in [0.15, 0.2) is 0 Å². The van der Waals surface area contributed by atoms with Gasteiger partial charge in [-0.1, -0.05) is 13.3 Å². The van der Waals surface area contributed by atoms with Crippen LogP contribution in [0.25, 0.3) is 0 Å². The van der Waals surface area contributed by atoms with E-state index in [1.807, 2.05) is 6.92 Å². The predicted molar refractivity (Wildman–Crippen MR) is 48.6 cm³/mol. The standard InChI is InChI=1S/C9H18N2O/c1-8(9(10)12)7-11-5-3-2-4-6-11/h8H,2-7H2,1H3,(H2,10,12). The van der Waals surface area contributed by atoms with E-state index in [0.717, 1.165) is 19.6 Å². The minimum atomic E-state index is -0.180. The highest BCUT2D eigenvalue weighted by Crippen LogP contribution is 2.10. The van der Waals surface area contributed by atoms with Gasteiger partial charge in [-0.25, -0.2) is 0 Å². The van der Waals surface area contributed by atoms with Crippen LogP contribution >= 0.6 is 0 Å². The molecule has 1 aliphatic heterocycles. The number of amides is 1. The van der Waals surface area contributed by atoms with Crippen molar-refractivity contribution in [2.45, 2.75) is 26.2 Å². The van der Waals surface area contributed by atoms with Gasteiger partial charge in [0.2, 0.25) is 5.91 Å². The summed E-state index contributed by atoms with van der Waals surface area (Å²) in [5.74, 6) is -0.177. The van der Waals surface area contributed by atoms with Crippen LogP contribution in [-0.2, 0) is 4.79 Å². The van der Waals surface area contributed by atoms with Gasteiger partial charge in [-0.05, 0) is 25.9 Å². The lowest BCUT2D eigenvalue weighted by atomic mass is 10.1. The van der Waals surface area contributed by atoms with Gasteiger partial charge < -0.3 is 10.6 Å². The molecule has 2 N–H and O–H groups in total. The van der Waals surface area contributed by atoms with Gasteiger partial charge in [0.15, 0.2) is 0 Å². The van der Waals surface area contributed by atoms with Crippen LogP contribution in [0.4, 0.5) is 0 Å². The zero-order chi connectivity index (χ0) is 8.97. The van der Waals surface area contributed by atoms with Crippen molar-refractivity contribution in [2.75, 3.05) is 19.6 Å². The summed E-state index contributed by atoms with van der Waals surface area (Å²) in [6.45, 7) is 5.02. The van der Waals surface area contributed by atoms with E-state index in [2.05, 4.69) is 4.90 Å². The molecule has 3 nitrogen and oxygen atoms in total. The Labute approximate surface area is 73.9 Å². The van der Waals surface area contributed by atoms with Crippen molar-refractivity contribution in [2.24, 2.45) is 11.7 Å². The van der Waals surface area contributed by atoms with Crippen LogP contribution in [0.3, 0.4) is 0 Å². The van der Waals surface area contributed by atoms with Crippen molar-refractivity contribution in [3.8, 4) is 0 Å². The van der Waals surface area contributed by atoms with Gasteiger partial charge in [0.1, 0.15) is 0 Å². The highest BCUT2D eigenvalue weighted by Gasteiger charge is 2.15. The van der Waals surface area contributed by atoms with Gasteiger partial charge >= 0.3 is 0 Å². The first-order valence-corrected chi connectivity index (χ1v) is 4.72. The number of carbonyl (C=O) groups excluding carboxylic acids is 1. The van der Waals surface area contributed by atoms with Gasteiger partial charge in [0, 0.05) is 12.5 Å². The second-order valence-electron chi connectivity index (χ2n) is 3.66. The van der Waals surface area contributed by atoms with Crippen molar-refractivity contribution >= 4 is 5.91 Å². The number of piperidine rings is 1. The average Bonchev–Trinajstić information content (AvgIpc) is 2.06. The molecule has 0 saturated carbocycles. The van der Waals surface area contributed by atoms with E-state index in [9.17, 15) is 4.79 Å². The molecule has 1 saturated heterocycles. The molecule has 0 aromatic carbocycles. The molecule has 0 radical (unpaired) electrons. The predicted octanol–water partition coefficient (Wildman–Crippen LogP) is 0.594. The first-order valence-electron chi connectivity index (χ1n) is 4.72. The Morgan fingerprint density at radius 3 is 2.50 bits per heavy atom. The van der Waals surface area contributed by atoms with Crippen LogP contribution < -0.4 is 5.73 Å². The Kier molecular flexibility index (Phi) is 3.53. The molecule has 0 spiro atoms. The molecule has 1 amide bonds. The zero-order valence-electron chi connectivity index (χ0n) is 7.75. The Morgan fingerprint density at radius 1 is 1.42 bits per heavy atom. The fourth-order valence-electron chi connectivity index (χ4n) is 1.62. The monoisotopic (exact) mass is 170 g/mol. The van der Waals surface area contributed by atoms with E-state index >= 15 is 0 Å². The molecular weight excluding hydrogens is 152 g/mol. The third-order valence-electron chi connectivity index (χ3n) is 2.47. The van der Waals surface area contributed by atoms with Gasteiger partial charge in [-0.15, -0.1) is 0 Å². The largest absolute Gasteiger partial charge is 0.369 e. The van der Waals surface area contributed by atoms with Crippen molar-refractivity contribution in [3.63, 3.8) is 0 Å². The molecule has 0 aliphatic carbocycles. The van der Waals surface area contributed by atoms with Crippen molar-refractivity contribution in [1.82, 2.24) is 4.90 Å². The molecule has 70 valence electrons. The number of hydrogen-bond acceptors (Lipinski definition) is 2. The van der Waals surface area contributed by atoms with Gasteiger partial charge in [0.05, 0.1) is 0 Å². The minimum absolute atomic E-state index is 0.00287. The lowest BCUT2D eigenvalue weighted by Gasteiger charge is -2.27. The Morgan fingerprint density at radius 2 is 2.00 bits per heavy atom. The van der Waals surface area contributed by atoms with Crippen LogP contribution in [0.1, 0.15) is 26.2 Å². The van der Waals surface area contributed by atoms with Crippen molar-refractivity contribution in [1.29, 1.82) is 0 Å². The third kappa shape index (κ3) is 2.81. The number of hydrogen-bond donors (Lipinski definition) is 1. The summed E-state index contributed by atoms with van der Waals surface area (Å²) in [6, 6.07) is 0. The number of primary amides is 1. The van der Waals surface area contributed by atoms with Crippen LogP contribution in [0.2, 0.25) is 0 Å². The van der Waals surface area contributed by atoms with Crippen LogP contribution in [0, 0.1) is 5.92 Å². The molecule has 0 aromatic heterocycles. The molecule has 0 bridgehead atoms. The SMILES string of the molecule is CC(CN1CCCCC1)C(N)=O. The summed E-state index contributed by atoms with van der Waals surface area (Å²) < 4.78 is 0. The average molecular weight is 170 g/mol. The van der Waals surface area contributed by atoms with E-state index in [0.29, 0.717) is 0 Å². The topological polar surface area (TPSA) is 46.3 Å². The summed E-state index contributed by atoms with van der Waals surface area (Å²) in [7, 11) is 0. The second-order valence-corrected chi connectivity index (χ2v) is 3.66. The highest BCUT2D eigenvalue weighted by atomic mass is 16.1. The molecule has 12 heavy (non-hydrogen) atoms. The molecule has 1 unspecified atom stereocenters. The van der Waals surface area contributed by atoms with Crippen molar-refractivity contribution in [3.05, 3.63) is 0 Å². The summed E-state index contributed by atoms with van der Waals surface area (Å²) in [4.78, 5) is 13.1. The van der Waals surface area contributed by atoms with E-state index in [1.165, 1.54) is 19.3 Å². The Bertz CT molecular complexity index is 153. The van der Waals surface area contributed by atoms with Gasteiger partial charge in [-0.3, -0.25) is 4.79 Å². The lowest BCUT2D eigenvalue weighted by molar-refractivity contribution is -0.121. The summed E-state index contributed by atoms with van der Waals surface area (Å²) in [6.07, 6.45) is 3.87. The van der Waals surface area contributed by atoms with Gasteiger partial charge in [-0.2, -0.15) is 0 Å². The van der Waals surface area contributed by atoms with E-state index in [4.69, 9.17) is 5.73 Å². The lowest BCUT2D eigenvalue weighted by Crippen LogP contribution is -2.37. The number of carbonyl (C=O) groups is 1. The Hall–Kier alpha value is -0.570. The zero-order valence-corrected chi connectivity index (χ0v) is 7.75. The van der Waals surface area contributed by atoms with Crippen LogP contribution in [-0.4, -0.2) is 30.4 Å². The molecule has 0 aromatic rings. The van der Waals surface area contributed by atoms with E-state index in [-0.39, 0.29) is 11.8 Å². The normalized spacial score (nSPS) is 22.1. The third-order valence-corrected chi connectivity index (χ3v) is 2.47. The fourth-order valence-corrected chi connectivity index (χ4v) is 1.62. The maximum atomic E-state index is 10.8. The number of rotatable bonds is 3. The molecule has 1 atom stereocenters. The first kappa shape index (κ1) is 9.52. The highest BCUT2D eigenvalue weighted by molar-refractivity contribution is 5.76. The Balaban J connectivity index is 2.24. The molecule has 3 heteroatoms.